The fourth-order valence-electron chi connectivity index (χ4n) is 0.460. The summed E-state index contributed by atoms with van der Waals surface area (Å²) in [5, 5.41) is 0. The molecule has 0 rings (SSSR count). The second-order valence-corrected chi connectivity index (χ2v) is 2.35. The highest BCUT2D eigenvalue weighted by Gasteiger charge is 1.98. The van der Waals surface area contributed by atoms with Crippen LogP contribution >= 0.6 is 0 Å². The molecule has 0 saturated carbocycles. The summed E-state index contributed by atoms with van der Waals surface area (Å²) in [5.74, 6) is 0. The molecule has 2 heteroatoms. The Morgan fingerprint density at radius 3 is 2.56 bits per heavy atom. The predicted molar refractivity (Wildman–Crippen MR) is 38.0 cm³/mol. The molecule has 0 amide bonds. The highest BCUT2D eigenvalue weighted by molar-refractivity contribution is 4.94. The number of halogens is 1. The first-order chi connectivity index (χ1) is 4.16. The van der Waals surface area contributed by atoms with E-state index in [4.69, 9.17) is 5.73 Å². The molecule has 0 heterocycles. The zero-order valence-corrected chi connectivity index (χ0v) is 6.02. The van der Waals surface area contributed by atoms with E-state index in [0.717, 1.165) is 5.57 Å². The van der Waals surface area contributed by atoms with E-state index in [2.05, 4.69) is 0 Å². The van der Waals surface area contributed by atoms with E-state index in [-0.39, 0.29) is 6.54 Å². The summed E-state index contributed by atoms with van der Waals surface area (Å²) in [4.78, 5) is 0. The normalized spacial score (nSPS) is 12.9. The van der Waals surface area contributed by atoms with Crippen LogP contribution in [-0.2, 0) is 0 Å². The molecule has 0 aliphatic heterocycles. The Morgan fingerprint density at radius 2 is 2.22 bits per heavy atom. The van der Waals surface area contributed by atoms with Crippen LogP contribution < -0.4 is 5.73 Å². The van der Waals surface area contributed by atoms with Gasteiger partial charge in [0.05, 0.1) is 0 Å². The Kier molecular flexibility index (Phi) is 4.32. The van der Waals surface area contributed by atoms with Gasteiger partial charge >= 0.3 is 0 Å². The van der Waals surface area contributed by atoms with Crippen molar-refractivity contribution in [2.75, 3.05) is 6.54 Å². The van der Waals surface area contributed by atoms with Crippen molar-refractivity contribution < 1.29 is 4.39 Å². The van der Waals surface area contributed by atoms with Crippen LogP contribution in [0.25, 0.3) is 0 Å². The third-order valence-electron chi connectivity index (χ3n) is 1.04. The summed E-state index contributed by atoms with van der Waals surface area (Å²) in [6.07, 6.45) is 1.45. The van der Waals surface area contributed by atoms with Gasteiger partial charge in [0, 0.05) is 6.54 Å². The predicted octanol–water partition coefficient (Wildman–Crippen LogP) is 1.64. The maximum Gasteiger partial charge on any atom is 0.116 e. The number of nitrogens with two attached hydrogens (primary N) is 1. The highest BCUT2D eigenvalue weighted by Crippen LogP contribution is 1.99. The highest BCUT2D eigenvalue weighted by atomic mass is 19.1. The monoisotopic (exact) mass is 131 g/mol. The summed E-state index contributed by atoms with van der Waals surface area (Å²) in [6, 6.07) is 0. The van der Waals surface area contributed by atoms with Crippen LogP contribution in [0.5, 0.6) is 0 Å². The number of hydrogen-bond donors (Lipinski definition) is 1. The Morgan fingerprint density at radius 1 is 1.67 bits per heavy atom. The first kappa shape index (κ1) is 8.63. The van der Waals surface area contributed by atoms with E-state index in [0.29, 0.717) is 6.42 Å². The van der Waals surface area contributed by atoms with Crippen molar-refractivity contribution in [2.45, 2.75) is 26.4 Å². The van der Waals surface area contributed by atoms with E-state index in [1.807, 2.05) is 19.9 Å². The van der Waals surface area contributed by atoms with Gasteiger partial charge in [0.1, 0.15) is 6.17 Å². The molecule has 9 heavy (non-hydrogen) atoms. The van der Waals surface area contributed by atoms with Crippen molar-refractivity contribution in [3.8, 4) is 0 Å². The van der Waals surface area contributed by atoms with Gasteiger partial charge in [-0.1, -0.05) is 11.6 Å². The molecular formula is C7H14FN. The van der Waals surface area contributed by atoms with E-state index >= 15 is 0 Å². The van der Waals surface area contributed by atoms with Crippen molar-refractivity contribution in [1.82, 2.24) is 0 Å². The Balaban J connectivity index is 3.37. The van der Waals surface area contributed by atoms with Gasteiger partial charge in [-0.15, -0.1) is 0 Å². The smallest absolute Gasteiger partial charge is 0.116 e. The molecule has 0 spiro atoms. The minimum absolute atomic E-state index is 0.129. The first-order valence-electron chi connectivity index (χ1n) is 3.14. The van der Waals surface area contributed by atoms with Gasteiger partial charge in [-0.3, -0.25) is 0 Å². The van der Waals surface area contributed by atoms with Gasteiger partial charge in [-0.05, 0) is 20.3 Å². The average molecular weight is 131 g/mol. The first-order valence-corrected chi connectivity index (χ1v) is 3.14. The molecule has 0 aromatic rings. The third kappa shape index (κ3) is 5.50. The zero-order chi connectivity index (χ0) is 7.28. The third-order valence-corrected chi connectivity index (χ3v) is 1.04. The summed E-state index contributed by atoms with van der Waals surface area (Å²) in [7, 11) is 0. The van der Waals surface area contributed by atoms with Gasteiger partial charge in [0.25, 0.3) is 0 Å². The fourth-order valence-corrected chi connectivity index (χ4v) is 0.460. The van der Waals surface area contributed by atoms with Gasteiger partial charge < -0.3 is 5.73 Å². The molecule has 1 nitrogen and oxygen atoms in total. The summed E-state index contributed by atoms with van der Waals surface area (Å²) < 4.78 is 12.3. The number of hydrogen-bond acceptors (Lipinski definition) is 1. The molecule has 1 unspecified atom stereocenters. The van der Waals surface area contributed by atoms with E-state index in [1.54, 1.807) is 0 Å². The molecule has 0 aliphatic carbocycles. The Hall–Kier alpha value is -0.370. The zero-order valence-electron chi connectivity index (χ0n) is 6.02. The van der Waals surface area contributed by atoms with Crippen LogP contribution in [0.4, 0.5) is 4.39 Å². The number of allylic oxidation sites excluding steroid dienone is 2. The van der Waals surface area contributed by atoms with Crippen LogP contribution in [-0.4, -0.2) is 12.7 Å². The van der Waals surface area contributed by atoms with Crippen molar-refractivity contribution >= 4 is 0 Å². The van der Waals surface area contributed by atoms with E-state index < -0.39 is 6.17 Å². The lowest BCUT2D eigenvalue weighted by atomic mass is 10.2. The minimum atomic E-state index is -0.861. The van der Waals surface area contributed by atoms with Gasteiger partial charge in [0.15, 0.2) is 0 Å². The molecule has 1 atom stereocenters. The van der Waals surface area contributed by atoms with Crippen LogP contribution in [0, 0.1) is 0 Å². The molecule has 0 aromatic carbocycles. The molecule has 0 radical (unpaired) electrons. The maximum absolute atomic E-state index is 12.3. The quantitative estimate of drug-likeness (QED) is 0.579. The summed E-state index contributed by atoms with van der Waals surface area (Å²) in [6.45, 7) is 4.02. The summed E-state index contributed by atoms with van der Waals surface area (Å²) >= 11 is 0. The topological polar surface area (TPSA) is 26.0 Å². The molecule has 54 valence electrons. The Bertz CT molecular complexity index is 95.1. The Labute approximate surface area is 55.7 Å². The standard InChI is InChI=1S/C7H14FN/c1-6(2)3-4-7(8)5-9/h3,7H,4-5,9H2,1-2H3. The van der Waals surface area contributed by atoms with Gasteiger partial charge in [-0.25, -0.2) is 4.39 Å². The van der Waals surface area contributed by atoms with Crippen molar-refractivity contribution in [1.29, 1.82) is 0 Å². The van der Waals surface area contributed by atoms with Crippen LogP contribution in [0.3, 0.4) is 0 Å². The minimum Gasteiger partial charge on any atom is -0.328 e. The lowest BCUT2D eigenvalue weighted by Gasteiger charge is -1.98. The average Bonchev–Trinajstić information content (AvgIpc) is 1.83. The molecule has 0 aromatic heterocycles. The SMILES string of the molecule is CC(C)=CCC(F)CN. The molecule has 0 aliphatic rings. The maximum atomic E-state index is 12.3. The lowest BCUT2D eigenvalue weighted by molar-refractivity contribution is 0.344. The second-order valence-electron chi connectivity index (χ2n) is 2.35. The molecule has 0 fully saturated rings. The van der Waals surface area contributed by atoms with Crippen LogP contribution in [0.1, 0.15) is 20.3 Å². The van der Waals surface area contributed by atoms with Gasteiger partial charge in [-0.2, -0.15) is 0 Å². The number of alkyl halides is 1. The molecule has 2 N–H and O–H groups in total. The molecule has 0 bridgehead atoms. The van der Waals surface area contributed by atoms with Crippen LogP contribution in [0.2, 0.25) is 0 Å². The van der Waals surface area contributed by atoms with Gasteiger partial charge in [0.2, 0.25) is 0 Å². The largest absolute Gasteiger partial charge is 0.328 e. The van der Waals surface area contributed by atoms with Crippen molar-refractivity contribution in [3.05, 3.63) is 11.6 Å². The fraction of sp³-hybridized carbons (Fsp3) is 0.714. The lowest BCUT2D eigenvalue weighted by Crippen LogP contribution is -2.13. The van der Waals surface area contributed by atoms with E-state index in [1.165, 1.54) is 0 Å². The summed E-state index contributed by atoms with van der Waals surface area (Å²) in [5.41, 5.74) is 6.20. The molecule has 0 saturated heterocycles. The second kappa shape index (κ2) is 4.50. The van der Waals surface area contributed by atoms with E-state index in [9.17, 15) is 4.39 Å². The van der Waals surface area contributed by atoms with Crippen molar-refractivity contribution in [3.63, 3.8) is 0 Å². The number of rotatable bonds is 3. The molecular weight excluding hydrogens is 117 g/mol. The van der Waals surface area contributed by atoms with Crippen LogP contribution in [0.15, 0.2) is 11.6 Å². The van der Waals surface area contributed by atoms with Crippen molar-refractivity contribution in [2.24, 2.45) is 5.73 Å².